The van der Waals surface area contributed by atoms with Crippen LogP contribution in [-0.2, 0) is 0 Å². The molecule has 1 rings (SSSR count). The molecule has 1 aromatic carbocycles. The van der Waals surface area contributed by atoms with Gasteiger partial charge in [0.2, 0.25) is 11.6 Å². The van der Waals surface area contributed by atoms with Gasteiger partial charge in [0, 0.05) is 0 Å². The monoisotopic (exact) mass is 204 g/mol. The minimum Gasteiger partial charge on any atom is -0.258 e. The van der Waals surface area contributed by atoms with E-state index in [1.165, 1.54) is 0 Å². The Balaban J connectivity index is 3.39. The van der Waals surface area contributed by atoms with Crippen molar-refractivity contribution < 1.29 is 18.6 Å². The molecule has 0 aliphatic rings. The molecule has 0 radical (unpaired) electrons. The molecule has 14 heavy (non-hydrogen) atoms. The number of rotatable bonds is 2. The molecule has 74 valence electrons. The van der Waals surface area contributed by atoms with Crippen LogP contribution in [0.1, 0.15) is 0 Å². The third-order valence-electron chi connectivity index (χ3n) is 1.40. The fraction of sp³-hybridized carbons (Fsp3) is 0. The quantitative estimate of drug-likeness (QED) is 0.542. The highest BCUT2D eigenvalue weighted by Gasteiger charge is 2.25. The fourth-order valence-electron chi connectivity index (χ4n) is 0.832. The van der Waals surface area contributed by atoms with Gasteiger partial charge in [0.25, 0.3) is 5.69 Å². The number of halogens is 2. The highest BCUT2D eigenvalue weighted by atomic mass is 19.1. The number of hydrogen-bond acceptors (Lipinski definition) is 4. The van der Waals surface area contributed by atoms with Gasteiger partial charge in [-0.1, -0.05) is 0 Å². The van der Waals surface area contributed by atoms with E-state index in [1.807, 2.05) is 0 Å². The van der Waals surface area contributed by atoms with Crippen molar-refractivity contribution in [2.45, 2.75) is 0 Å². The Kier molecular flexibility index (Phi) is 2.36. The van der Waals surface area contributed by atoms with Crippen LogP contribution < -0.4 is 0 Å². The molecule has 8 heteroatoms. The van der Waals surface area contributed by atoms with Crippen molar-refractivity contribution in [3.05, 3.63) is 44.0 Å². The van der Waals surface area contributed by atoms with Crippen molar-refractivity contribution in [1.29, 1.82) is 0 Å². The van der Waals surface area contributed by atoms with E-state index < -0.39 is 32.9 Å². The standard InChI is InChI=1S/C6H2F2N2O4/c7-4-1-3(9(11)12)2-5(8)6(4)10(13)14/h1-2H. The van der Waals surface area contributed by atoms with E-state index >= 15 is 0 Å². The van der Waals surface area contributed by atoms with Gasteiger partial charge in [-0.25, -0.2) is 0 Å². The lowest BCUT2D eigenvalue weighted by atomic mass is 10.2. The van der Waals surface area contributed by atoms with Gasteiger partial charge in [-0.05, 0) is 0 Å². The summed E-state index contributed by atoms with van der Waals surface area (Å²) in [5.41, 5.74) is -2.26. The van der Waals surface area contributed by atoms with Gasteiger partial charge in [0.1, 0.15) is 0 Å². The first-order valence-electron chi connectivity index (χ1n) is 3.21. The predicted octanol–water partition coefficient (Wildman–Crippen LogP) is 1.78. The maximum Gasteiger partial charge on any atom is 0.340 e. The summed E-state index contributed by atoms with van der Waals surface area (Å²) in [4.78, 5) is 17.8. The van der Waals surface area contributed by atoms with Crippen LogP contribution in [0.2, 0.25) is 0 Å². The molecule has 0 saturated carbocycles. The van der Waals surface area contributed by atoms with E-state index in [4.69, 9.17) is 0 Å². The molecule has 0 aromatic heterocycles. The number of hydrogen-bond donors (Lipinski definition) is 0. The van der Waals surface area contributed by atoms with Gasteiger partial charge >= 0.3 is 5.69 Å². The predicted molar refractivity (Wildman–Crippen MR) is 39.7 cm³/mol. The van der Waals surface area contributed by atoms with E-state index in [-0.39, 0.29) is 0 Å². The molecule has 0 spiro atoms. The lowest BCUT2D eigenvalue weighted by Gasteiger charge is -1.95. The van der Waals surface area contributed by atoms with Crippen molar-refractivity contribution in [3.8, 4) is 0 Å². The van der Waals surface area contributed by atoms with Crippen LogP contribution in [0, 0.1) is 31.9 Å². The zero-order valence-electron chi connectivity index (χ0n) is 6.44. The number of non-ortho nitro benzene ring substituents is 1. The molecule has 0 atom stereocenters. The molecular weight excluding hydrogens is 202 g/mol. The Bertz CT molecular complexity index is 397. The molecular formula is C6H2F2N2O4. The maximum atomic E-state index is 12.7. The summed E-state index contributed by atoms with van der Waals surface area (Å²) in [5.74, 6) is -3.14. The van der Waals surface area contributed by atoms with Crippen molar-refractivity contribution in [3.63, 3.8) is 0 Å². The largest absolute Gasteiger partial charge is 0.340 e. The zero-order chi connectivity index (χ0) is 10.9. The van der Waals surface area contributed by atoms with Gasteiger partial charge in [0.15, 0.2) is 0 Å². The third-order valence-corrected chi connectivity index (χ3v) is 1.40. The molecule has 0 fully saturated rings. The molecule has 0 heterocycles. The van der Waals surface area contributed by atoms with E-state index in [2.05, 4.69) is 0 Å². The lowest BCUT2D eigenvalue weighted by Crippen LogP contribution is -1.99. The average molecular weight is 204 g/mol. The van der Waals surface area contributed by atoms with Crippen LogP contribution in [0.3, 0.4) is 0 Å². The normalized spacial score (nSPS) is 9.86. The summed E-state index contributed by atoms with van der Waals surface area (Å²) in [5, 5.41) is 20.2. The van der Waals surface area contributed by atoms with Crippen molar-refractivity contribution in [1.82, 2.24) is 0 Å². The molecule has 0 amide bonds. The van der Waals surface area contributed by atoms with Crippen LogP contribution in [0.15, 0.2) is 12.1 Å². The summed E-state index contributed by atoms with van der Waals surface area (Å²) >= 11 is 0. The molecule has 0 N–H and O–H groups in total. The fourth-order valence-corrected chi connectivity index (χ4v) is 0.832. The molecule has 0 saturated heterocycles. The van der Waals surface area contributed by atoms with Crippen LogP contribution in [0.25, 0.3) is 0 Å². The Morgan fingerprint density at radius 2 is 1.43 bits per heavy atom. The first kappa shape index (κ1) is 9.96. The van der Waals surface area contributed by atoms with E-state index in [0.29, 0.717) is 12.1 Å². The third kappa shape index (κ3) is 1.63. The SMILES string of the molecule is O=[N+]([O-])c1cc(F)c([N+](=O)[O-])c(F)c1. The molecule has 0 aliphatic carbocycles. The first-order chi connectivity index (χ1) is 6.43. The zero-order valence-corrected chi connectivity index (χ0v) is 6.44. The Hall–Kier alpha value is -2.12. The lowest BCUT2D eigenvalue weighted by molar-refractivity contribution is -0.393. The van der Waals surface area contributed by atoms with Gasteiger partial charge in [-0.2, -0.15) is 8.78 Å². The molecule has 0 aliphatic heterocycles. The van der Waals surface area contributed by atoms with E-state index in [9.17, 15) is 29.0 Å². The van der Waals surface area contributed by atoms with Gasteiger partial charge in [0.05, 0.1) is 22.0 Å². The Morgan fingerprint density at radius 3 is 1.71 bits per heavy atom. The van der Waals surface area contributed by atoms with Gasteiger partial charge in [-0.15, -0.1) is 0 Å². The minimum atomic E-state index is -1.57. The summed E-state index contributed by atoms with van der Waals surface area (Å²) in [6.45, 7) is 0. The second-order valence-electron chi connectivity index (χ2n) is 2.27. The summed E-state index contributed by atoms with van der Waals surface area (Å²) in [7, 11) is 0. The van der Waals surface area contributed by atoms with Gasteiger partial charge < -0.3 is 0 Å². The summed E-state index contributed by atoms with van der Waals surface area (Å²) < 4.78 is 25.5. The second kappa shape index (κ2) is 3.32. The van der Waals surface area contributed by atoms with Crippen LogP contribution in [0.5, 0.6) is 0 Å². The number of benzene rings is 1. The van der Waals surface area contributed by atoms with Crippen LogP contribution in [0.4, 0.5) is 20.2 Å². The van der Waals surface area contributed by atoms with Gasteiger partial charge in [-0.3, -0.25) is 20.2 Å². The summed E-state index contributed by atoms with van der Waals surface area (Å²) in [6, 6.07) is 0.586. The second-order valence-corrected chi connectivity index (χ2v) is 2.27. The van der Waals surface area contributed by atoms with Crippen LogP contribution in [-0.4, -0.2) is 9.85 Å². The van der Waals surface area contributed by atoms with Crippen molar-refractivity contribution in [2.75, 3.05) is 0 Å². The summed E-state index contributed by atoms with van der Waals surface area (Å²) in [6.07, 6.45) is 0. The Morgan fingerprint density at radius 1 is 1.00 bits per heavy atom. The smallest absolute Gasteiger partial charge is 0.258 e. The Labute approximate surface area is 75.1 Å². The molecule has 0 unspecified atom stereocenters. The number of nitro benzene ring substituents is 2. The highest BCUT2D eigenvalue weighted by Crippen LogP contribution is 2.26. The molecule has 6 nitrogen and oxygen atoms in total. The minimum absolute atomic E-state index is 0.293. The average Bonchev–Trinajstić information content (AvgIpc) is 2.01. The highest BCUT2D eigenvalue weighted by molar-refractivity contribution is 5.43. The van der Waals surface area contributed by atoms with E-state index in [0.717, 1.165) is 0 Å². The molecule has 1 aromatic rings. The maximum absolute atomic E-state index is 12.7. The topological polar surface area (TPSA) is 86.3 Å². The van der Waals surface area contributed by atoms with Crippen molar-refractivity contribution in [2.24, 2.45) is 0 Å². The first-order valence-corrected chi connectivity index (χ1v) is 3.21. The number of nitrogens with zero attached hydrogens (tertiary/aromatic N) is 2. The number of nitro groups is 2. The molecule has 0 bridgehead atoms. The van der Waals surface area contributed by atoms with E-state index in [1.54, 1.807) is 0 Å². The van der Waals surface area contributed by atoms with Crippen LogP contribution >= 0.6 is 0 Å². The van der Waals surface area contributed by atoms with Crippen molar-refractivity contribution >= 4 is 11.4 Å².